The summed E-state index contributed by atoms with van der Waals surface area (Å²) in [4.78, 5) is 11.4. The van der Waals surface area contributed by atoms with Gasteiger partial charge in [-0.05, 0) is 18.6 Å². The zero-order valence-electron chi connectivity index (χ0n) is 8.66. The molecule has 1 aliphatic carbocycles. The van der Waals surface area contributed by atoms with Crippen molar-refractivity contribution in [1.82, 2.24) is 0 Å². The molecule has 1 aromatic carbocycles. The van der Waals surface area contributed by atoms with Crippen LogP contribution in [0.2, 0.25) is 0 Å². The fourth-order valence-corrected chi connectivity index (χ4v) is 1.53. The van der Waals surface area contributed by atoms with Crippen molar-refractivity contribution in [2.45, 2.75) is 18.8 Å². The molecule has 0 aromatic heterocycles. The highest BCUT2D eigenvalue weighted by molar-refractivity contribution is 5.89. The minimum atomic E-state index is -2.53. The van der Waals surface area contributed by atoms with E-state index in [-0.39, 0.29) is 19.4 Å². The SMILES string of the molecule is O=C(OCC[C@@H]1CC1(F)F)c1ccccc1. The molecule has 0 radical (unpaired) electrons. The summed E-state index contributed by atoms with van der Waals surface area (Å²) in [5, 5.41) is 0. The van der Waals surface area contributed by atoms with Crippen molar-refractivity contribution in [2.24, 2.45) is 5.92 Å². The molecular formula is C12H12F2O2. The number of ether oxygens (including phenoxy) is 1. The molecule has 0 saturated heterocycles. The van der Waals surface area contributed by atoms with Crippen LogP contribution in [0.1, 0.15) is 23.2 Å². The lowest BCUT2D eigenvalue weighted by molar-refractivity contribution is 0.0452. The van der Waals surface area contributed by atoms with Crippen molar-refractivity contribution in [1.29, 1.82) is 0 Å². The minimum Gasteiger partial charge on any atom is -0.462 e. The molecule has 86 valence electrons. The topological polar surface area (TPSA) is 26.3 Å². The van der Waals surface area contributed by atoms with Gasteiger partial charge in [-0.15, -0.1) is 0 Å². The summed E-state index contributed by atoms with van der Waals surface area (Å²) in [6.07, 6.45) is 0.168. The normalized spacial score (nSPS) is 21.5. The van der Waals surface area contributed by atoms with Gasteiger partial charge in [0.15, 0.2) is 0 Å². The lowest BCUT2D eigenvalue weighted by Gasteiger charge is -2.03. The second kappa shape index (κ2) is 4.20. The average molecular weight is 226 g/mol. The zero-order valence-corrected chi connectivity index (χ0v) is 8.66. The van der Waals surface area contributed by atoms with Gasteiger partial charge in [-0.3, -0.25) is 0 Å². The van der Waals surface area contributed by atoms with Crippen LogP contribution in [-0.2, 0) is 4.74 Å². The molecule has 2 nitrogen and oxygen atoms in total. The van der Waals surface area contributed by atoms with Gasteiger partial charge in [0.05, 0.1) is 12.2 Å². The number of hydrogen-bond acceptors (Lipinski definition) is 2. The van der Waals surface area contributed by atoms with E-state index >= 15 is 0 Å². The van der Waals surface area contributed by atoms with E-state index in [0.29, 0.717) is 5.56 Å². The monoisotopic (exact) mass is 226 g/mol. The van der Waals surface area contributed by atoms with E-state index in [2.05, 4.69) is 0 Å². The molecule has 0 heterocycles. The summed E-state index contributed by atoms with van der Waals surface area (Å²) in [5.41, 5.74) is 0.449. The Hall–Kier alpha value is -1.45. The Morgan fingerprint density at radius 2 is 2.00 bits per heavy atom. The van der Waals surface area contributed by atoms with Gasteiger partial charge in [0.1, 0.15) is 0 Å². The van der Waals surface area contributed by atoms with Crippen molar-refractivity contribution >= 4 is 5.97 Å². The number of rotatable bonds is 4. The molecule has 16 heavy (non-hydrogen) atoms. The summed E-state index contributed by atoms with van der Waals surface area (Å²) < 4.78 is 29.9. The van der Waals surface area contributed by atoms with Crippen LogP contribution in [0.4, 0.5) is 8.78 Å². The Balaban J connectivity index is 1.73. The molecular weight excluding hydrogens is 214 g/mol. The first-order chi connectivity index (χ1) is 7.59. The first-order valence-electron chi connectivity index (χ1n) is 5.19. The lowest BCUT2D eigenvalue weighted by atomic mass is 10.2. The predicted octanol–water partition coefficient (Wildman–Crippen LogP) is 2.89. The number of benzene rings is 1. The van der Waals surface area contributed by atoms with E-state index in [1.165, 1.54) is 0 Å². The van der Waals surface area contributed by atoms with Crippen molar-refractivity contribution in [3.05, 3.63) is 35.9 Å². The largest absolute Gasteiger partial charge is 0.462 e. The lowest BCUT2D eigenvalue weighted by Crippen LogP contribution is -2.07. The predicted molar refractivity (Wildman–Crippen MR) is 54.4 cm³/mol. The Morgan fingerprint density at radius 3 is 2.56 bits per heavy atom. The van der Waals surface area contributed by atoms with Gasteiger partial charge in [0.25, 0.3) is 5.92 Å². The number of alkyl halides is 2. The highest BCUT2D eigenvalue weighted by atomic mass is 19.3. The molecule has 0 unspecified atom stereocenters. The van der Waals surface area contributed by atoms with Crippen molar-refractivity contribution in [3.8, 4) is 0 Å². The van der Waals surface area contributed by atoms with Crippen LogP contribution >= 0.6 is 0 Å². The highest BCUT2D eigenvalue weighted by Crippen LogP contribution is 2.50. The third-order valence-corrected chi connectivity index (χ3v) is 2.66. The fraction of sp³-hybridized carbons (Fsp3) is 0.417. The number of hydrogen-bond donors (Lipinski definition) is 0. The number of carbonyl (C=O) groups is 1. The number of halogens is 2. The van der Waals surface area contributed by atoms with Gasteiger partial charge >= 0.3 is 5.97 Å². The van der Waals surface area contributed by atoms with E-state index < -0.39 is 17.8 Å². The Bertz CT molecular complexity index is 376. The van der Waals surface area contributed by atoms with Crippen LogP contribution < -0.4 is 0 Å². The van der Waals surface area contributed by atoms with Crippen LogP contribution in [0.3, 0.4) is 0 Å². The molecule has 1 aromatic rings. The highest BCUT2D eigenvalue weighted by Gasteiger charge is 2.56. The van der Waals surface area contributed by atoms with Gasteiger partial charge in [-0.2, -0.15) is 0 Å². The van der Waals surface area contributed by atoms with Gasteiger partial charge in [-0.1, -0.05) is 18.2 Å². The fourth-order valence-electron chi connectivity index (χ4n) is 1.53. The van der Waals surface area contributed by atoms with E-state index in [9.17, 15) is 13.6 Å². The third kappa shape index (κ3) is 2.56. The second-order valence-electron chi connectivity index (χ2n) is 3.95. The van der Waals surface area contributed by atoms with E-state index in [1.807, 2.05) is 0 Å². The average Bonchev–Trinajstić information content (AvgIpc) is 2.87. The Morgan fingerprint density at radius 1 is 1.38 bits per heavy atom. The maximum Gasteiger partial charge on any atom is 0.338 e. The van der Waals surface area contributed by atoms with Crippen LogP contribution in [-0.4, -0.2) is 18.5 Å². The second-order valence-corrected chi connectivity index (χ2v) is 3.95. The van der Waals surface area contributed by atoms with Crippen LogP contribution in [0, 0.1) is 5.92 Å². The van der Waals surface area contributed by atoms with Crippen molar-refractivity contribution in [2.75, 3.05) is 6.61 Å². The Labute approximate surface area is 92.2 Å². The summed E-state index contributed by atoms with van der Waals surface area (Å²) in [6.45, 7) is 0.0635. The number of carbonyl (C=O) groups excluding carboxylic acids is 1. The van der Waals surface area contributed by atoms with Crippen LogP contribution in [0.15, 0.2) is 30.3 Å². The quantitative estimate of drug-likeness (QED) is 0.738. The standard InChI is InChI=1S/C12H12F2O2/c13-12(14)8-10(12)6-7-16-11(15)9-4-2-1-3-5-9/h1-5,10H,6-8H2/t10-/m1/s1. The molecule has 1 aliphatic rings. The molecule has 0 bridgehead atoms. The van der Waals surface area contributed by atoms with Crippen LogP contribution in [0.25, 0.3) is 0 Å². The van der Waals surface area contributed by atoms with E-state index in [0.717, 1.165) is 0 Å². The van der Waals surface area contributed by atoms with Crippen molar-refractivity contribution in [3.63, 3.8) is 0 Å². The molecule has 0 spiro atoms. The van der Waals surface area contributed by atoms with E-state index in [1.54, 1.807) is 30.3 Å². The molecule has 0 aliphatic heterocycles. The van der Waals surface area contributed by atoms with E-state index in [4.69, 9.17) is 4.74 Å². The third-order valence-electron chi connectivity index (χ3n) is 2.66. The van der Waals surface area contributed by atoms with Crippen LogP contribution in [0.5, 0.6) is 0 Å². The molecule has 0 amide bonds. The summed E-state index contributed by atoms with van der Waals surface area (Å²) in [6, 6.07) is 8.51. The Kier molecular flexibility index (Phi) is 2.90. The minimum absolute atomic E-state index is 0.0635. The summed E-state index contributed by atoms with van der Waals surface area (Å²) in [5.74, 6) is -3.58. The molecule has 2 rings (SSSR count). The maximum absolute atomic E-state index is 12.5. The van der Waals surface area contributed by atoms with Crippen molar-refractivity contribution < 1.29 is 18.3 Å². The van der Waals surface area contributed by atoms with Gasteiger partial charge in [-0.25, -0.2) is 13.6 Å². The van der Waals surface area contributed by atoms with Gasteiger partial charge < -0.3 is 4.74 Å². The molecule has 0 N–H and O–H groups in total. The molecule has 1 saturated carbocycles. The number of esters is 1. The van der Waals surface area contributed by atoms with Gasteiger partial charge in [0, 0.05) is 12.3 Å². The maximum atomic E-state index is 12.5. The van der Waals surface area contributed by atoms with Gasteiger partial charge in [0.2, 0.25) is 0 Å². The molecule has 1 fully saturated rings. The first-order valence-corrected chi connectivity index (χ1v) is 5.19. The smallest absolute Gasteiger partial charge is 0.338 e. The molecule has 4 heteroatoms. The molecule has 1 atom stereocenters. The summed E-state index contributed by atoms with van der Waals surface area (Å²) >= 11 is 0. The first kappa shape index (κ1) is 11.0. The zero-order chi connectivity index (χ0) is 11.6. The summed E-state index contributed by atoms with van der Waals surface area (Å²) in [7, 11) is 0.